The Morgan fingerprint density at radius 1 is 1.53 bits per heavy atom. The van der Waals surface area contributed by atoms with Gasteiger partial charge in [-0.15, -0.1) is 0 Å². The van der Waals surface area contributed by atoms with E-state index in [1.165, 1.54) is 6.26 Å². The van der Waals surface area contributed by atoms with Gasteiger partial charge in [-0.25, -0.2) is 18.4 Å². The lowest BCUT2D eigenvalue weighted by Gasteiger charge is -2.07. The lowest BCUT2D eigenvalue weighted by molar-refractivity contribution is 0.602. The van der Waals surface area contributed by atoms with Crippen LogP contribution >= 0.6 is 0 Å². The Morgan fingerprint density at radius 3 is 3.00 bits per heavy atom. The molecule has 0 aliphatic carbocycles. The molecule has 0 saturated carbocycles. The van der Waals surface area contributed by atoms with E-state index >= 15 is 0 Å². The van der Waals surface area contributed by atoms with Crippen LogP contribution in [0.25, 0.3) is 5.65 Å². The molecule has 0 bridgehead atoms. The van der Waals surface area contributed by atoms with Gasteiger partial charge in [-0.05, 0) is 0 Å². The molecule has 2 heterocycles. The summed E-state index contributed by atoms with van der Waals surface area (Å²) in [6.07, 6.45) is 6.20. The van der Waals surface area contributed by atoms with Crippen LogP contribution < -0.4 is 11.1 Å². The number of imidazole rings is 1. The highest BCUT2D eigenvalue weighted by Crippen LogP contribution is 2.13. The van der Waals surface area contributed by atoms with E-state index in [9.17, 15) is 8.42 Å². The summed E-state index contributed by atoms with van der Waals surface area (Å²) >= 11 is 0. The van der Waals surface area contributed by atoms with Gasteiger partial charge in [0.1, 0.15) is 15.7 Å². The fourth-order valence-corrected chi connectivity index (χ4v) is 1.90. The first kappa shape index (κ1) is 11.6. The predicted octanol–water partition coefficient (Wildman–Crippen LogP) is -0.232. The molecule has 0 aromatic carbocycles. The second-order valence-corrected chi connectivity index (χ2v) is 5.99. The molecule has 2 aromatic heterocycles. The van der Waals surface area contributed by atoms with Gasteiger partial charge in [-0.3, -0.25) is 0 Å². The molecule has 0 atom stereocenters. The molecular formula is C9H13N5O2S. The first-order valence-corrected chi connectivity index (χ1v) is 7.02. The van der Waals surface area contributed by atoms with Gasteiger partial charge in [-0.2, -0.15) is 0 Å². The molecule has 0 aliphatic heterocycles. The highest BCUT2D eigenvalue weighted by Gasteiger charge is 2.07. The van der Waals surface area contributed by atoms with E-state index in [2.05, 4.69) is 15.3 Å². The number of nitrogens with two attached hydrogens (primary N) is 1. The third-order valence-electron chi connectivity index (χ3n) is 2.16. The summed E-state index contributed by atoms with van der Waals surface area (Å²) in [7, 11) is -2.99. The highest BCUT2D eigenvalue weighted by atomic mass is 32.2. The Morgan fingerprint density at radius 2 is 2.29 bits per heavy atom. The number of hydrogen-bond donors (Lipinski definition) is 2. The smallest absolute Gasteiger partial charge is 0.180 e. The summed E-state index contributed by atoms with van der Waals surface area (Å²) in [5.41, 5.74) is 6.24. The zero-order chi connectivity index (χ0) is 12.5. The van der Waals surface area contributed by atoms with Crippen molar-refractivity contribution in [2.75, 3.05) is 29.6 Å². The van der Waals surface area contributed by atoms with E-state index in [-0.39, 0.29) is 12.3 Å². The first-order chi connectivity index (χ1) is 7.96. The summed E-state index contributed by atoms with van der Waals surface area (Å²) < 4.78 is 23.7. The van der Waals surface area contributed by atoms with E-state index in [4.69, 9.17) is 5.73 Å². The van der Waals surface area contributed by atoms with Gasteiger partial charge >= 0.3 is 0 Å². The maximum absolute atomic E-state index is 11.0. The van der Waals surface area contributed by atoms with Crippen LogP contribution in [-0.4, -0.2) is 41.3 Å². The SMILES string of the molecule is CS(=O)(=O)CCNc1nc(N)cn2ccnc12. The molecule has 0 aliphatic rings. The van der Waals surface area contributed by atoms with Crippen molar-refractivity contribution in [1.29, 1.82) is 0 Å². The Hall–Kier alpha value is -1.83. The summed E-state index contributed by atoms with van der Waals surface area (Å²) in [5.74, 6) is 0.868. The maximum Gasteiger partial charge on any atom is 0.180 e. The van der Waals surface area contributed by atoms with Gasteiger partial charge in [0, 0.05) is 25.2 Å². The molecule has 0 fully saturated rings. The van der Waals surface area contributed by atoms with Gasteiger partial charge in [0.2, 0.25) is 0 Å². The molecule has 92 valence electrons. The zero-order valence-electron chi connectivity index (χ0n) is 9.29. The number of sulfone groups is 1. The molecule has 0 unspecified atom stereocenters. The van der Waals surface area contributed by atoms with Crippen molar-refractivity contribution in [3.63, 3.8) is 0 Å². The molecule has 0 amide bonds. The Balaban J connectivity index is 2.20. The fraction of sp³-hybridized carbons (Fsp3) is 0.333. The summed E-state index contributed by atoms with van der Waals surface area (Å²) in [6, 6.07) is 0. The first-order valence-electron chi connectivity index (χ1n) is 4.96. The van der Waals surface area contributed by atoms with Crippen LogP contribution in [-0.2, 0) is 9.84 Å². The quantitative estimate of drug-likeness (QED) is 0.782. The van der Waals surface area contributed by atoms with Crippen molar-refractivity contribution in [2.45, 2.75) is 0 Å². The van der Waals surface area contributed by atoms with E-state index < -0.39 is 9.84 Å². The van der Waals surface area contributed by atoms with Crippen LogP contribution in [0.4, 0.5) is 11.6 Å². The number of fused-ring (bicyclic) bond motifs is 1. The van der Waals surface area contributed by atoms with E-state index in [1.807, 2.05) is 0 Å². The summed E-state index contributed by atoms with van der Waals surface area (Å²) in [4.78, 5) is 8.19. The molecular weight excluding hydrogens is 242 g/mol. The number of hydrogen-bond acceptors (Lipinski definition) is 6. The number of aromatic nitrogens is 3. The lowest BCUT2D eigenvalue weighted by Crippen LogP contribution is -2.15. The molecule has 0 spiro atoms. The van der Waals surface area contributed by atoms with Crippen LogP contribution in [0.5, 0.6) is 0 Å². The van der Waals surface area contributed by atoms with Crippen molar-refractivity contribution in [3.05, 3.63) is 18.6 Å². The molecule has 3 N–H and O–H groups in total. The standard InChI is InChI=1S/C9H13N5O2S/c1-17(15,16)5-3-11-8-9-12-2-4-14(9)6-7(10)13-8/h2,4,6H,3,5,10H2,1H3,(H,11,13). The van der Waals surface area contributed by atoms with Gasteiger partial charge in [-0.1, -0.05) is 0 Å². The van der Waals surface area contributed by atoms with Crippen molar-refractivity contribution in [2.24, 2.45) is 0 Å². The minimum absolute atomic E-state index is 0.0380. The lowest BCUT2D eigenvalue weighted by atomic mass is 10.5. The minimum Gasteiger partial charge on any atom is -0.382 e. The van der Waals surface area contributed by atoms with E-state index in [0.717, 1.165) is 0 Å². The van der Waals surface area contributed by atoms with Crippen LogP contribution in [0.3, 0.4) is 0 Å². The Bertz CT molecular complexity index is 634. The van der Waals surface area contributed by atoms with E-state index in [1.54, 1.807) is 23.0 Å². The van der Waals surface area contributed by atoms with Crippen LogP contribution in [0.1, 0.15) is 0 Å². The topological polar surface area (TPSA) is 102 Å². The molecule has 0 saturated heterocycles. The molecule has 0 radical (unpaired) electrons. The number of rotatable bonds is 4. The minimum atomic E-state index is -2.99. The van der Waals surface area contributed by atoms with Crippen molar-refractivity contribution >= 4 is 27.1 Å². The monoisotopic (exact) mass is 255 g/mol. The second kappa shape index (κ2) is 4.21. The third kappa shape index (κ3) is 2.84. The molecule has 8 heteroatoms. The third-order valence-corrected chi connectivity index (χ3v) is 3.10. The highest BCUT2D eigenvalue weighted by molar-refractivity contribution is 7.90. The van der Waals surface area contributed by atoms with Crippen LogP contribution in [0.15, 0.2) is 18.6 Å². The molecule has 17 heavy (non-hydrogen) atoms. The maximum atomic E-state index is 11.0. The van der Waals surface area contributed by atoms with Crippen LogP contribution in [0, 0.1) is 0 Å². The molecule has 7 nitrogen and oxygen atoms in total. The summed E-state index contributed by atoms with van der Waals surface area (Å²) in [6.45, 7) is 0.276. The van der Waals surface area contributed by atoms with Gasteiger partial charge < -0.3 is 15.5 Å². The zero-order valence-corrected chi connectivity index (χ0v) is 10.1. The molecule has 2 aromatic rings. The average molecular weight is 255 g/mol. The normalized spacial score (nSPS) is 11.8. The fourth-order valence-electron chi connectivity index (χ4n) is 1.42. The molecule has 2 rings (SSSR count). The van der Waals surface area contributed by atoms with Crippen molar-refractivity contribution in [1.82, 2.24) is 14.4 Å². The number of anilines is 2. The Labute approximate surface area is 98.6 Å². The van der Waals surface area contributed by atoms with Gasteiger partial charge in [0.05, 0.1) is 11.9 Å². The largest absolute Gasteiger partial charge is 0.382 e. The van der Waals surface area contributed by atoms with Gasteiger partial charge in [0.15, 0.2) is 11.5 Å². The number of nitrogens with one attached hydrogen (secondary N) is 1. The van der Waals surface area contributed by atoms with E-state index in [0.29, 0.717) is 17.3 Å². The Kier molecular flexibility index (Phi) is 2.88. The number of nitrogens with zero attached hydrogens (tertiary/aromatic N) is 3. The van der Waals surface area contributed by atoms with Crippen LogP contribution in [0.2, 0.25) is 0 Å². The second-order valence-electron chi connectivity index (χ2n) is 3.73. The van der Waals surface area contributed by atoms with Crippen molar-refractivity contribution in [3.8, 4) is 0 Å². The summed E-state index contributed by atoms with van der Waals surface area (Å²) in [5, 5.41) is 2.92. The van der Waals surface area contributed by atoms with Gasteiger partial charge in [0.25, 0.3) is 0 Å². The predicted molar refractivity (Wildman–Crippen MR) is 65.6 cm³/mol. The average Bonchev–Trinajstić information content (AvgIpc) is 2.63. The van der Waals surface area contributed by atoms with Crippen molar-refractivity contribution < 1.29 is 8.42 Å². The number of nitrogen functional groups attached to an aromatic ring is 1.